The summed E-state index contributed by atoms with van der Waals surface area (Å²) in [7, 11) is 0. The number of anilines is 1. The highest BCUT2D eigenvalue weighted by Crippen LogP contribution is 2.18. The molecule has 1 saturated carbocycles. The van der Waals surface area contributed by atoms with Crippen molar-refractivity contribution in [3.63, 3.8) is 0 Å². The first-order valence-corrected chi connectivity index (χ1v) is 6.79. The monoisotopic (exact) mass is 267 g/mol. The molecule has 106 valence electrons. The predicted molar refractivity (Wildman–Crippen MR) is 70.7 cm³/mol. The third-order valence-corrected chi connectivity index (χ3v) is 2.89. The molecule has 7 heteroatoms. The normalized spacial score (nSPS) is 16.1. The van der Waals surface area contributed by atoms with Crippen molar-refractivity contribution in [2.24, 2.45) is 0 Å². The van der Waals surface area contributed by atoms with E-state index in [1.807, 2.05) is 13.8 Å². The maximum atomic E-state index is 11.5. The molecule has 0 spiro atoms. The first-order valence-electron chi connectivity index (χ1n) is 6.79. The molecule has 7 nitrogen and oxygen atoms in total. The van der Waals surface area contributed by atoms with E-state index in [9.17, 15) is 4.79 Å². The molecular weight excluding hydrogens is 246 g/mol. The molecule has 3 N–H and O–H groups in total. The van der Waals surface area contributed by atoms with E-state index >= 15 is 0 Å². The smallest absolute Gasteiger partial charge is 0.315 e. The minimum absolute atomic E-state index is 0.0335. The van der Waals surface area contributed by atoms with Gasteiger partial charge in [-0.05, 0) is 26.3 Å². The summed E-state index contributed by atoms with van der Waals surface area (Å²) in [5.74, 6) is 0.613. The third-order valence-electron chi connectivity index (χ3n) is 2.89. The van der Waals surface area contributed by atoms with Crippen molar-refractivity contribution in [1.29, 1.82) is 0 Å². The average Bonchev–Trinajstić information content (AvgIpc) is 3.05. The highest BCUT2D eigenvalue weighted by molar-refractivity contribution is 5.77. The summed E-state index contributed by atoms with van der Waals surface area (Å²) >= 11 is 0. The van der Waals surface area contributed by atoms with E-state index in [-0.39, 0.29) is 11.9 Å². The van der Waals surface area contributed by atoms with Crippen LogP contribution < -0.4 is 16.0 Å². The van der Waals surface area contributed by atoms with Gasteiger partial charge in [-0.1, -0.05) is 12.0 Å². The van der Waals surface area contributed by atoms with Crippen molar-refractivity contribution < 1.29 is 9.21 Å². The van der Waals surface area contributed by atoms with Gasteiger partial charge in [0.1, 0.15) is 0 Å². The van der Waals surface area contributed by atoms with Crippen LogP contribution in [-0.2, 0) is 4.79 Å². The third kappa shape index (κ3) is 4.51. The molecule has 1 aromatic rings. The van der Waals surface area contributed by atoms with E-state index in [0.717, 1.165) is 19.4 Å². The van der Waals surface area contributed by atoms with Crippen LogP contribution in [0, 0.1) is 0 Å². The lowest BCUT2D eigenvalue weighted by atomic mass is 10.3. The van der Waals surface area contributed by atoms with Gasteiger partial charge in [-0.15, -0.1) is 5.10 Å². The zero-order chi connectivity index (χ0) is 13.7. The number of hydrogen-bond donors (Lipinski definition) is 3. The van der Waals surface area contributed by atoms with E-state index in [2.05, 4.69) is 26.1 Å². The van der Waals surface area contributed by atoms with Crippen LogP contribution in [0.2, 0.25) is 0 Å². The summed E-state index contributed by atoms with van der Waals surface area (Å²) in [5, 5.41) is 16.9. The lowest BCUT2D eigenvalue weighted by molar-refractivity contribution is -0.120. The van der Waals surface area contributed by atoms with E-state index in [0.29, 0.717) is 30.9 Å². The van der Waals surface area contributed by atoms with Crippen LogP contribution in [0.3, 0.4) is 0 Å². The lowest BCUT2D eigenvalue weighted by Crippen LogP contribution is -2.27. The number of nitrogens with one attached hydrogen (secondary N) is 3. The molecule has 0 aliphatic heterocycles. The Morgan fingerprint density at radius 2 is 2.26 bits per heavy atom. The molecule has 0 aromatic carbocycles. The van der Waals surface area contributed by atoms with Crippen molar-refractivity contribution in [3.8, 4) is 0 Å². The Morgan fingerprint density at radius 1 is 1.47 bits per heavy atom. The molecule has 1 heterocycles. The number of rotatable bonds is 8. The van der Waals surface area contributed by atoms with Gasteiger partial charge in [-0.3, -0.25) is 4.79 Å². The second-order valence-corrected chi connectivity index (χ2v) is 4.74. The molecule has 19 heavy (non-hydrogen) atoms. The van der Waals surface area contributed by atoms with Crippen LogP contribution in [0.25, 0.3) is 0 Å². The second kappa shape index (κ2) is 6.51. The number of carbonyl (C=O) groups excluding carboxylic acids is 1. The first-order chi connectivity index (χ1) is 9.19. The molecule has 2 rings (SSSR count). The Bertz CT molecular complexity index is 416. The van der Waals surface area contributed by atoms with Crippen LogP contribution in [-0.4, -0.2) is 35.2 Å². The second-order valence-electron chi connectivity index (χ2n) is 4.74. The lowest BCUT2D eigenvalue weighted by Gasteiger charge is -2.06. The van der Waals surface area contributed by atoms with Crippen molar-refractivity contribution in [2.75, 3.05) is 18.4 Å². The summed E-state index contributed by atoms with van der Waals surface area (Å²) in [6.45, 7) is 5.32. The zero-order valence-electron chi connectivity index (χ0n) is 11.4. The van der Waals surface area contributed by atoms with Crippen LogP contribution in [0.15, 0.2) is 4.42 Å². The minimum atomic E-state index is 0.0335. The maximum Gasteiger partial charge on any atom is 0.315 e. The van der Waals surface area contributed by atoms with Gasteiger partial charge >= 0.3 is 6.01 Å². The Balaban J connectivity index is 1.69. The SMILES string of the molecule is CCNC(C)c1nnc(NCCC(=O)NC2CC2)o1. The van der Waals surface area contributed by atoms with Gasteiger partial charge in [0.15, 0.2) is 0 Å². The van der Waals surface area contributed by atoms with Crippen molar-refractivity contribution in [3.05, 3.63) is 5.89 Å². The van der Waals surface area contributed by atoms with Crippen molar-refractivity contribution in [2.45, 2.75) is 45.2 Å². The number of aromatic nitrogens is 2. The fraction of sp³-hybridized carbons (Fsp3) is 0.750. The van der Waals surface area contributed by atoms with E-state index in [4.69, 9.17) is 4.42 Å². The van der Waals surface area contributed by atoms with Crippen molar-refractivity contribution in [1.82, 2.24) is 20.8 Å². The molecule has 1 aliphatic rings. The quantitative estimate of drug-likeness (QED) is 0.646. The number of amides is 1. The molecule has 0 saturated heterocycles. The summed E-state index contributed by atoms with van der Waals surface area (Å²) in [6, 6.07) is 0.800. The summed E-state index contributed by atoms with van der Waals surface area (Å²) in [6.07, 6.45) is 2.62. The maximum absolute atomic E-state index is 11.5. The van der Waals surface area contributed by atoms with Gasteiger partial charge in [0, 0.05) is 19.0 Å². The Labute approximate surface area is 112 Å². The van der Waals surface area contributed by atoms with Crippen LogP contribution >= 0.6 is 0 Å². The molecule has 1 amide bonds. The van der Waals surface area contributed by atoms with Gasteiger partial charge < -0.3 is 20.4 Å². The molecule has 1 aromatic heterocycles. The first kappa shape index (κ1) is 13.8. The largest absolute Gasteiger partial charge is 0.406 e. The molecule has 1 fully saturated rings. The fourth-order valence-electron chi connectivity index (χ4n) is 1.68. The van der Waals surface area contributed by atoms with Crippen LogP contribution in [0.5, 0.6) is 0 Å². The van der Waals surface area contributed by atoms with Crippen LogP contribution in [0.1, 0.15) is 45.0 Å². The molecular formula is C12H21N5O2. The van der Waals surface area contributed by atoms with Gasteiger partial charge in [0.2, 0.25) is 11.8 Å². The average molecular weight is 267 g/mol. The highest BCUT2D eigenvalue weighted by Gasteiger charge is 2.22. The number of nitrogens with zero attached hydrogens (tertiary/aromatic N) is 2. The minimum Gasteiger partial charge on any atom is -0.406 e. The Morgan fingerprint density at radius 3 is 2.95 bits per heavy atom. The zero-order valence-corrected chi connectivity index (χ0v) is 11.4. The van der Waals surface area contributed by atoms with E-state index in [1.165, 1.54) is 0 Å². The molecule has 0 bridgehead atoms. The standard InChI is InChI=1S/C12H21N5O2/c1-3-13-8(2)11-16-17-12(19-11)14-7-6-10(18)15-9-4-5-9/h8-9,13H,3-7H2,1-2H3,(H,14,17)(H,15,18). The Hall–Kier alpha value is -1.63. The summed E-state index contributed by atoms with van der Waals surface area (Å²) in [5.41, 5.74) is 0. The van der Waals surface area contributed by atoms with E-state index < -0.39 is 0 Å². The summed E-state index contributed by atoms with van der Waals surface area (Å²) in [4.78, 5) is 11.5. The van der Waals surface area contributed by atoms with Gasteiger partial charge in [0.05, 0.1) is 6.04 Å². The van der Waals surface area contributed by atoms with Gasteiger partial charge in [-0.2, -0.15) is 0 Å². The fourth-order valence-corrected chi connectivity index (χ4v) is 1.68. The topological polar surface area (TPSA) is 92.1 Å². The van der Waals surface area contributed by atoms with Crippen LogP contribution in [0.4, 0.5) is 6.01 Å². The van der Waals surface area contributed by atoms with Crippen molar-refractivity contribution >= 4 is 11.9 Å². The summed E-state index contributed by atoms with van der Waals surface area (Å²) < 4.78 is 5.45. The van der Waals surface area contributed by atoms with Gasteiger partial charge in [0.25, 0.3) is 0 Å². The molecule has 0 radical (unpaired) electrons. The number of carbonyl (C=O) groups is 1. The predicted octanol–water partition coefficient (Wildman–Crippen LogP) is 0.821. The molecule has 1 atom stereocenters. The van der Waals surface area contributed by atoms with Gasteiger partial charge in [-0.25, -0.2) is 0 Å². The molecule has 1 unspecified atom stereocenters. The Kier molecular flexibility index (Phi) is 4.73. The van der Waals surface area contributed by atoms with E-state index in [1.54, 1.807) is 0 Å². The number of hydrogen-bond acceptors (Lipinski definition) is 6. The highest BCUT2D eigenvalue weighted by atomic mass is 16.4. The molecule has 1 aliphatic carbocycles.